The van der Waals surface area contributed by atoms with E-state index in [1.54, 1.807) is 0 Å². The summed E-state index contributed by atoms with van der Waals surface area (Å²) in [5.41, 5.74) is 3.19. The van der Waals surface area contributed by atoms with Gasteiger partial charge in [-0.1, -0.05) is 41.5 Å². The molecule has 0 bridgehead atoms. The predicted molar refractivity (Wildman–Crippen MR) is 168 cm³/mol. The van der Waals surface area contributed by atoms with Crippen LogP contribution < -0.4 is 22.3 Å². The summed E-state index contributed by atoms with van der Waals surface area (Å²) in [6.07, 6.45) is -2.31. The molecule has 3 rings (SSSR count). The third-order valence-corrected chi connectivity index (χ3v) is 19.3. The molecule has 1 saturated heterocycles. The van der Waals surface area contributed by atoms with E-state index >= 15 is 0 Å². The Morgan fingerprint density at radius 2 is 1.65 bits per heavy atom. The van der Waals surface area contributed by atoms with E-state index in [9.17, 15) is 22.8 Å². The van der Waals surface area contributed by atoms with Crippen LogP contribution in [-0.4, -0.2) is 71.6 Å². The molecule has 1 spiro atoms. The fraction of sp³-hybridized carbons (Fsp3) is 0.741. The number of nitrogens with zero attached hydrogens (tertiary/aromatic N) is 2. The van der Waals surface area contributed by atoms with Crippen LogP contribution in [0.3, 0.4) is 0 Å². The van der Waals surface area contributed by atoms with E-state index < -0.39 is 74.5 Å². The second kappa shape index (κ2) is 11.4. The van der Waals surface area contributed by atoms with Crippen LogP contribution in [0.15, 0.2) is 26.9 Å². The Morgan fingerprint density at radius 3 is 2.12 bits per heavy atom. The van der Waals surface area contributed by atoms with Crippen LogP contribution in [0.25, 0.3) is 0 Å². The Hall–Kier alpha value is -2.09. The molecule has 16 heteroatoms. The first kappa shape index (κ1) is 35.4. The van der Waals surface area contributed by atoms with Crippen molar-refractivity contribution in [3.8, 4) is 0 Å². The third kappa shape index (κ3) is 6.51. The molecule has 1 aromatic heterocycles. The van der Waals surface area contributed by atoms with Crippen molar-refractivity contribution in [3.63, 3.8) is 0 Å². The van der Waals surface area contributed by atoms with Gasteiger partial charge < -0.3 is 24.6 Å². The van der Waals surface area contributed by atoms with Crippen LogP contribution in [0.5, 0.6) is 0 Å². The zero-order valence-corrected chi connectivity index (χ0v) is 30.2. The maximum absolute atomic E-state index is 13.8. The Bertz CT molecular complexity index is 1520. The molecule has 0 radical (unpaired) electrons. The maximum atomic E-state index is 13.8. The quantitative estimate of drug-likeness (QED) is 0.312. The average Bonchev–Trinajstić information content (AvgIpc) is 3.27. The molecule has 0 aromatic carbocycles. The standard InChI is InChI=1S/C27H48N4O9SSi2/c1-17-13-31(24(34)30(22(17)33)14-20(32)29-8)23-21(39-43(11,12)26(5,6)7)27(18(28)16-41(35,36)40-27)19(38-23)15-37-42(9,10)25(2,3)4/h13,16,19,21,23H,14-15,28H2,1-12H3,(H,29,32)/t19-,21+,23-,27-/m1/s1. The van der Waals surface area contributed by atoms with Crippen LogP contribution in [0.2, 0.25) is 36.3 Å². The summed E-state index contributed by atoms with van der Waals surface area (Å²) >= 11 is 0. The highest BCUT2D eigenvalue weighted by atomic mass is 32.2. The van der Waals surface area contributed by atoms with Crippen molar-refractivity contribution in [2.75, 3.05) is 13.7 Å². The van der Waals surface area contributed by atoms with Crippen molar-refractivity contribution in [3.05, 3.63) is 43.7 Å². The molecule has 4 atom stereocenters. The van der Waals surface area contributed by atoms with Crippen LogP contribution >= 0.6 is 0 Å². The number of carbonyl (C=O) groups is 1. The number of aryl methyl sites for hydroxylation is 1. The summed E-state index contributed by atoms with van der Waals surface area (Å²) in [7, 11) is -7.99. The molecule has 0 unspecified atom stereocenters. The molecule has 0 saturated carbocycles. The molecule has 1 amide bonds. The van der Waals surface area contributed by atoms with E-state index in [0.29, 0.717) is 0 Å². The van der Waals surface area contributed by atoms with E-state index in [4.69, 9.17) is 23.5 Å². The minimum atomic E-state index is -4.26. The molecule has 2 aliphatic heterocycles. The summed E-state index contributed by atoms with van der Waals surface area (Å²) < 4.78 is 53.6. The summed E-state index contributed by atoms with van der Waals surface area (Å²) in [4.78, 5) is 39.0. The Labute approximate surface area is 256 Å². The monoisotopic (exact) mass is 660 g/mol. The van der Waals surface area contributed by atoms with Gasteiger partial charge in [-0.3, -0.25) is 18.7 Å². The summed E-state index contributed by atoms with van der Waals surface area (Å²) in [6.45, 7) is 21.2. The lowest BCUT2D eigenvalue weighted by atomic mass is 9.89. The van der Waals surface area contributed by atoms with Gasteiger partial charge in [-0.25, -0.2) is 8.98 Å². The van der Waals surface area contributed by atoms with Crippen molar-refractivity contribution in [1.29, 1.82) is 0 Å². The fourth-order valence-electron chi connectivity index (χ4n) is 4.52. The van der Waals surface area contributed by atoms with Crippen molar-refractivity contribution >= 4 is 32.7 Å². The lowest BCUT2D eigenvalue weighted by Gasteiger charge is -2.43. The largest absolute Gasteiger partial charge is 0.414 e. The number of hydrogen-bond donors (Lipinski definition) is 2. The summed E-state index contributed by atoms with van der Waals surface area (Å²) in [6, 6.07) is 0. The van der Waals surface area contributed by atoms with E-state index in [1.807, 2.05) is 47.0 Å². The Morgan fingerprint density at radius 1 is 1.09 bits per heavy atom. The number of aromatic nitrogens is 2. The summed E-state index contributed by atoms with van der Waals surface area (Å²) in [5, 5.41) is 2.74. The van der Waals surface area contributed by atoms with Crippen LogP contribution in [0.4, 0.5) is 0 Å². The molecule has 3 heterocycles. The van der Waals surface area contributed by atoms with Crippen molar-refractivity contribution < 1.29 is 31.0 Å². The lowest BCUT2D eigenvalue weighted by molar-refractivity contribution is -0.121. The second-order valence-corrected chi connectivity index (χ2v) is 25.3. The third-order valence-electron chi connectivity index (χ3n) is 9.29. The van der Waals surface area contributed by atoms with E-state index in [0.717, 1.165) is 14.5 Å². The molecule has 1 fully saturated rings. The molecule has 43 heavy (non-hydrogen) atoms. The van der Waals surface area contributed by atoms with Gasteiger partial charge in [0.1, 0.15) is 18.8 Å². The number of nitrogens with two attached hydrogens (primary N) is 1. The number of amides is 1. The molecule has 2 aliphatic rings. The van der Waals surface area contributed by atoms with Gasteiger partial charge >= 0.3 is 5.69 Å². The SMILES string of the molecule is CNC(=O)Cn1c(=O)c(C)cn([C@@H]2O[C@H](CO[Si](C)(C)C(C)(C)C)[C@@]3(OS(=O)(=O)C=C3N)[C@H]2O[Si](C)(C)C(C)(C)C)c1=O. The molecule has 244 valence electrons. The van der Waals surface area contributed by atoms with E-state index in [-0.39, 0.29) is 27.9 Å². The molecular weight excluding hydrogens is 613 g/mol. The van der Waals surface area contributed by atoms with Crippen molar-refractivity contribution in [2.24, 2.45) is 5.73 Å². The van der Waals surface area contributed by atoms with Gasteiger partial charge in [-0.2, -0.15) is 8.42 Å². The van der Waals surface area contributed by atoms with Gasteiger partial charge in [-0.15, -0.1) is 0 Å². The number of ether oxygens (including phenoxy) is 1. The highest BCUT2D eigenvalue weighted by molar-refractivity contribution is 7.90. The van der Waals surface area contributed by atoms with Gasteiger partial charge in [0.05, 0.1) is 17.7 Å². The van der Waals surface area contributed by atoms with E-state index in [2.05, 4.69) is 26.1 Å². The van der Waals surface area contributed by atoms with Gasteiger partial charge in [0.25, 0.3) is 15.7 Å². The number of carbonyl (C=O) groups excluding carboxylic acids is 1. The second-order valence-electron chi connectivity index (χ2n) is 14.4. The topological polar surface area (TPSA) is 170 Å². The number of rotatable bonds is 8. The molecule has 0 aliphatic carbocycles. The van der Waals surface area contributed by atoms with Crippen LogP contribution in [0, 0.1) is 6.92 Å². The Balaban J connectivity index is 2.31. The van der Waals surface area contributed by atoms with Gasteiger partial charge in [0, 0.05) is 18.8 Å². The maximum Gasteiger partial charge on any atom is 0.333 e. The minimum Gasteiger partial charge on any atom is -0.414 e. The average molecular weight is 661 g/mol. The minimum absolute atomic E-state index is 0.0972. The zero-order valence-electron chi connectivity index (χ0n) is 27.4. The number of nitrogens with one attached hydrogen (secondary N) is 1. The molecule has 3 N–H and O–H groups in total. The fourth-order valence-corrected chi connectivity index (χ4v) is 8.02. The predicted octanol–water partition coefficient (Wildman–Crippen LogP) is 2.27. The first-order valence-corrected chi connectivity index (χ1v) is 21.5. The first-order chi connectivity index (χ1) is 19.3. The number of likely N-dealkylation sites (N-methyl/N-ethyl adjacent to an activating group) is 1. The highest BCUT2D eigenvalue weighted by Gasteiger charge is 2.67. The molecule has 1 aromatic rings. The van der Waals surface area contributed by atoms with Crippen LogP contribution in [0.1, 0.15) is 53.3 Å². The lowest BCUT2D eigenvalue weighted by Crippen LogP contribution is -2.59. The van der Waals surface area contributed by atoms with Gasteiger partial charge in [0.2, 0.25) is 5.91 Å². The molecule has 13 nitrogen and oxygen atoms in total. The molecular formula is C27H48N4O9SSi2. The summed E-state index contributed by atoms with van der Waals surface area (Å²) in [5.74, 6) is -0.549. The van der Waals surface area contributed by atoms with Gasteiger partial charge in [-0.05, 0) is 43.2 Å². The normalized spacial score (nSPS) is 26.1. The van der Waals surface area contributed by atoms with E-state index in [1.165, 1.54) is 20.2 Å². The Kier molecular flexibility index (Phi) is 9.36. The smallest absolute Gasteiger partial charge is 0.333 e. The van der Waals surface area contributed by atoms with Crippen molar-refractivity contribution in [2.45, 2.75) is 115 Å². The first-order valence-electron chi connectivity index (χ1n) is 14.2. The van der Waals surface area contributed by atoms with Crippen molar-refractivity contribution in [1.82, 2.24) is 14.5 Å². The number of hydrogen-bond acceptors (Lipinski definition) is 10. The van der Waals surface area contributed by atoms with Gasteiger partial charge in [0.15, 0.2) is 28.5 Å². The highest BCUT2D eigenvalue weighted by Crippen LogP contribution is 2.52. The zero-order chi connectivity index (χ0) is 33.1. The van der Waals surface area contributed by atoms with Crippen LogP contribution in [-0.2, 0) is 39.2 Å².